The monoisotopic (exact) mass is 407 g/mol. The Morgan fingerprint density at radius 3 is 2.52 bits per heavy atom. The van der Waals surface area contributed by atoms with Gasteiger partial charge in [0.15, 0.2) is 0 Å². The van der Waals surface area contributed by atoms with Gasteiger partial charge in [0.25, 0.3) is 5.91 Å². The van der Waals surface area contributed by atoms with Gasteiger partial charge in [-0.25, -0.2) is 8.42 Å². The van der Waals surface area contributed by atoms with Gasteiger partial charge < -0.3 is 4.90 Å². The van der Waals surface area contributed by atoms with E-state index in [-0.39, 0.29) is 27.4 Å². The minimum absolute atomic E-state index is 0.0215. The van der Waals surface area contributed by atoms with E-state index >= 15 is 0 Å². The van der Waals surface area contributed by atoms with E-state index in [0.29, 0.717) is 18.8 Å². The fourth-order valence-corrected chi connectivity index (χ4v) is 5.20. The van der Waals surface area contributed by atoms with Crippen LogP contribution in [0.15, 0.2) is 47.6 Å². The van der Waals surface area contributed by atoms with Gasteiger partial charge in [-0.15, -0.1) is 0 Å². The molecule has 0 unspecified atom stereocenters. The van der Waals surface area contributed by atoms with Crippen molar-refractivity contribution in [1.82, 2.24) is 9.29 Å². The maximum atomic E-state index is 13.1. The fourth-order valence-electron chi connectivity index (χ4n) is 3.19. The summed E-state index contributed by atoms with van der Waals surface area (Å²) in [5, 5.41) is 0.121. The van der Waals surface area contributed by atoms with Crippen LogP contribution in [0.25, 0.3) is 0 Å². The molecule has 1 amide bonds. The van der Waals surface area contributed by atoms with Crippen LogP contribution in [0, 0.1) is 0 Å². The molecule has 0 N–H and O–H groups in total. The number of rotatable bonds is 5. The van der Waals surface area contributed by atoms with Crippen molar-refractivity contribution >= 4 is 33.2 Å². The lowest BCUT2D eigenvalue weighted by molar-refractivity contribution is 0.0980. The van der Waals surface area contributed by atoms with Gasteiger partial charge in [-0.1, -0.05) is 11.6 Å². The standard InChI is InChI=1S/C19H22ClN3O3S/c1-14(2)23(16-6-5-9-21-13-16)19(24)15-7-8-17(20)18(12-15)27(25,26)22-10-3-4-11-22/h5-9,12-14H,3-4,10-11H2,1-2H3. The summed E-state index contributed by atoms with van der Waals surface area (Å²) in [6, 6.07) is 7.82. The van der Waals surface area contributed by atoms with Gasteiger partial charge in [0.05, 0.1) is 16.9 Å². The normalized spacial score (nSPS) is 15.3. The molecular weight excluding hydrogens is 386 g/mol. The van der Waals surface area contributed by atoms with Crippen molar-refractivity contribution in [1.29, 1.82) is 0 Å². The second-order valence-electron chi connectivity index (χ2n) is 6.74. The molecule has 2 aromatic rings. The molecule has 0 radical (unpaired) electrons. The predicted octanol–water partition coefficient (Wildman–Crippen LogP) is 3.57. The summed E-state index contributed by atoms with van der Waals surface area (Å²) in [7, 11) is -3.72. The van der Waals surface area contributed by atoms with Crippen LogP contribution in [0.1, 0.15) is 37.0 Å². The smallest absolute Gasteiger partial charge is 0.258 e. The molecule has 6 nitrogen and oxygen atoms in total. The molecule has 1 fully saturated rings. The lowest BCUT2D eigenvalue weighted by Crippen LogP contribution is -2.37. The average Bonchev–Trinajstić information content (AvgIpc) is 3.18. The van der Waals surface area contributed by atoms with E-state index in [9.17, 15) is 13.2 Å². The van der Waals surface area contributed by atoms with Crippen molar-refractivity contribution in [2.45, 2.75) is 37.6 Å². The van der Waals surface area contributed by atoms with Crippen LogP contribution >= 0.6 is 11.6 Å². The Balaban J connectivity index is 2.01. The van der Waals surface area contributed by atoms with Crippen LogP contribution in [-0.2, 0) is 10.0 Å². The minimum Gasteiger partial charge on any atom is -0.304 e. The average molecular weight is 408 g/mol. The Bertz CT molecular complexity index is 926. The summed E-state index contributed by atoms with van der Waals surface area (Å²) in [5.74, 6) is -0.299. The second-order valence-corrected chi connectivity index (χ2v) is 9.05. The molecule has 0 spiro atoms. The summed E-state index contributed by atoms with van der Waals surface area (Å²) in [6.45, 7) is 4.74. The van der Waals surface area contributed by atoms with Crippen molar-refractivity contribution in [2.75, 3.05) is 18.0 Å². The molecule has 0 bridgehead atoms. The molecule has 1 aliphatic rings. The Hall–Kier alpha value is -1.96. The molecule has 0 saturated carbocycles. The van der Waals surface area contributed by atoms with Crippen molar-refractivity contribution in [2.24, 2.45) is 0 Å². The highest BCUT2D eigenvalue weighted by Crippen LogP contribution is 2.29. The SMILES string of the molecule is CC(C)N(C(=O)c1ccc(Cl)c(S(=O)(=O)N2CCCC2)c1)c1cccnc1. The van der Waals surface area contributed by atoms with Gasteiger partial charge in [0, 0.05) is 30.9 Å². The highest BCUT2D eigenvalue weighted by Gasteiger charge is 2.30. The number of hydrogen-bond donors (Lipinski definition) is 0. The topological polar surface area (TPSA) is 70.6 Å². The number of benzene rings is 1. The molecule has 1 aliphatic heterocycles. The lowest BCUT2D eigenvalue weighted by atomic mass is 10.1. The number of anilines is 1. The Morgan fingerprint density at radius 1 is 1.22 bits per heavy atom. The van der Waals surface area contributed by atoms with Crippen LogP contribution in [-0.4, -0.2) is 42.7 Å². The van der Waals surface area contributed by atoms with Crippen molar-refractivity contribution < 1.29 is 13.2 Å². The van der Waals surface area contributed by atoms with E-state index in [1.54, 1.807) is 35.5 Å². The van der Waals surface area contributed by atoms with Crippen LogP contribution in [0.3, 0.4) is 0 Å². The van der Waals surface area contributed by atoms with E-state index in [2.05, 4.69) is 4.98 Å². The summed E-state index contributed by atoms with van der Waals surface area (Å²) >= 11 is 6.18. The maximum absolute atomic E-state index is 13.1. The molecule has 2 heterocycles. The number of hydrogen-bond acceptors (Lipinski definition) is 4. The zero-order chi connectivity index (χ0) is 19.6. The van der Waals surface area contributed by atoms with Crippen LogP contribution < -0.4 is 4.90 Å². The van der Waals surface area contributed by atoms with Gasteiger partial charge in [0.1, 0.15) is 4.90 Å². The predicted molar refractivity (Wildman–Crippen MR) is 106 cm³/mol. The summed E-state index contributed by atoms with van der Waals surface area (Å²) in [4.78, 5) is 18.8. The Labute approximate surface area is 164 Å². The van der Waals surface area contributed by atoms with Gasteiger partial charge in [-0.2, -0.15) is 4.31 Å². The zero-order valence-electron chi connectivity index (χ0n) is 15.3. The summed E-state index contributed by atoms with van der Waals surface area (Å²) < 4.78 is 27.2. The summed E-state index contributed by atoms with van der Waals surface area (Å²) in [6.07, 6.45) is 4.90. The number of amides is 1. The highest BCUT2D eigenvalue weighted by molar-refractivity contribution is 7.89. The molecule has 0 aliphatic carbocycles. The lowest BCUT2D eigenvalue weighted by Gasteiger charge is -2.27. The molecule has 1 saturated heterocycles. The fraction of sp³-hybridized carbons (Fsp3) is 0.368. The quantitative estimate of drug-likeness (QED) is 0.759. The Kier molecular flexibility index (Phi) is 5.83. The third kappa shape index (κ3) is 4.00. The van der Waals surface area contributed by atoms with E-state index < -0.39 is 10.0 Å². The molecule has 27 heavy (non-hydrogen) atoms. The van der Waals surface area contributed by atoms with Gasteiger partial charge >= 0.3 is 0 Å². The number of sulfonamides is 1. The van der Waals surface area contributed by atoms with Gasteiger partial charge in [-0.05, 0) is 57.0 Å². The summed E-state index contributed by atoms with van der Waals surface area (Å²) in [5.41, 5.74) is 0.922. The van der Waals surface area contributed by atoms with Crippen LogP contribution in [0.4, 0.5) is 5.69 Å². The number of carbonyl (C=O) groups is 1. The van der Waals surface area contributed by atoms with Gasteiger partial charge in [-0.3, -0.25) is 9.78 Å². The largest absolute Gasteiger partial charge is 0.304 e. The maximum Gasteiger partial charge on any atom is 0.258 e. The van der Waals surface area contributed by atoms with Gasteiger partial charge in [0.2, 0.25) is 10.0 Å². The van der Waals surface area contributed by atoms with Crippen LogP contribution in [0.5, 0.6) is 0 Å². The van der Waals surface area contributed by atoms with E-state index in [1.807, 2.05) is 13.8 Å². The highest BCUT2D eigenvalue weighted by atomic mass is 35.5. The number of carbonyl (C=O) groups excluding carboxylic acids is 1. The first-order chi connectivity index (χ1) is 12.8. The Morgan fingerprint density at radius 2 is 1.93 bits per heavy atom. The van der Waals surface area contributed by atoms with E-state index in [0.717, 1.165) is 12.8 Å². The zero-order valence-corrected chi connectivity index (χ0v) is 16.9. The van der Waals surface area contributed by atoms with Crippen molar-refractivity contribution in [3.05, 3.63) is 53.3 Å². The molecule has 3 rings (SSSR count). The molecule has 1 aromatic carbocycles. The molecular formula is C19H22ClN3O3S. The first-order valence-electron chi connectivity index (χ1n) is 8.85. The first-order valence-corrected chi connectivity index (χ1v) is 10.7. The third-order valence-corrected chi connectivity index (χ3v) is 6.90. The molecule has 0 atom stereocenters. The second kappa shape index (κ2) is 7.96. The number of halogens is 1. The molecule has 144 valence electrons. The van der Waals surface area contributed by atoms with E-state index in [4.69, 9.17) is 11.6 Å². The third-order valence-electron chi connectivity index (χ3n) is 4.52. The van der Waals surface area contributed by atoms with Crippen molar-refractivity contribution in [3.63, 3.8) is 0 Å². The minimum atomic E-state index is -3.72. The van der Waals surface area contributed by atoms with Crippen LogP contribution in [0.2, 0.25) is 5.02 Å². The molecule has 8 heteroatoms. The van der Waals surface area contributed by atoms with E-state index in [1.165, 1.54) is 16.4 Å². The molecule has 1 aromatic heterocycles. The van der Waals surface area contributed by atoms with Crippen molar-refractivity contribution in [3.8, 4) is 0 Å². The number of aromatic nitrogens is 1. The number of pyridine rings is 1. The first kappa shape index (κ1) is 19.8. The number of nitrogens with zero attached hydrogens (tertiary/aromatic N) is 3.